The molecule has 0 aliphatic carbocycles. The summed E-state index contributed by atoms with van der Waals surface area (Å²) >= 11 is 0. The van der Waals surface area contributed by atoms with Gasteiger partial charge in [-0.05, 0) is 56.1 Å². The molecule has 3 N–H and O–H groups in total. The lowest BCUT2D eigenvalue weighted by Gasteiger charge is -2.22. The Kier molecular flexibility index (Phi) is 8.48. The minimum Gasteiger partial charge on any atom is -0.493 e. The minimum atomic E-state index is -0.138. The van der Waals surface area contributed by atoms with Crippen molar-refractivity contribution in [1.82, 2.24) is 10.3 Å². The molecule has 0 saturated heterocycles. The van der Waals surface area contributed by atoms with E-state index in [1.165, 1.54) is 6.08 Å². The number of pyridine rings is 1. The third kappa shape index (κ3) is 5.96. The predicted octanol–water partition coefficient (Wildman–Crippen LogP) is 3.04. The molecule has 0 bridgehead atoms. The lowest BCUT2D eigenvalue weighted by atomic mass is 10.1. The number of anilines is 2. The van der Waals surface area contributed by atoms with Crippen molar-refractivity contribution in [2.24, 2.45) is 5.73 Å². The van der Waals surface area contributed by atoms with Gasteiger partial charge in [0.2, 0.25) is 5.91 Å². The molecule has 1 heterocycles. The number of hydrogen-bond donors (Lipinski definition) is 2. The topological polar surface area (TPSA) is 89.7 Å². The van der Waals surface area contributed by atoms with E-state index in [9.17, 15) is 4.79 Å². The van der Waals surface area contributed by atoms with E-state index >= 15 is 0 Å². The molecule has 0 spiro atoms. The molecule has 0 aliphatic rings. The summed E-state index contributed by atoms with van der Waals surface area (Å²) in [7, 11) is 5.16. The summed E-state index contributed by atoms with van der Waals surface area (Å²) < 4.78 is 10.9. The van der Waals surface area contributed by atoms with Gasteiger partial charge >= 0.3 is 0 Å². The van der Waals surface area contributed by atoms with Crippen molar-refractivity contribution in [2.45, 2.75) is 19.8 Å². The number of nitrogens with two attached hydrogens (primary N) is 1. The van der Waals surface area contributed by atoms with Crippen LogP contribution >= 0.6 is 0 Å². The first-order valence-electron chi connectivity index (χ1n) is 9.59. The van der Waals surface area contributed by atoms with Gasteiger partial charge in [-0.15, -0.1) is 0 Å². The van der Waals surface area contributed by atoms with Gasteiger partial charge < -0.3 is 25.4 Å². The summed E-state index contributed by atoms with van der Waals surface area (Å²) in [5, 5.41) is 2.86. The van der Waals surface area contributed by atoms with E-state index in [1.807, 2.05) is 43.1 Å². The SMILES string of the molecule is COc1cc(N(C)c2ncccc2/C=C/C(=O)NCCCCN)cc(C)c1OC. The van der Waals surface area contributed by atoms with E-state index in [2.05, 4.69) is 10.3 Å². The van der Waals surface area contributed by atoms with Crippen molar-refractivity contribution in [1.29, 1.82) is 0 Å². The molecule has 0 atom stereocenters. The summed E-state index contributed by atoms with van der Waals surface area (Å²) in [5.74, 6) is 1.95. The third-order valence-corrected chi connectivity index (χ3v) is 4.52. The zero-order chi connectivity index (χ0) is 21.2. The number of hydrogen-bond acceptors (Lipinski definition) is 6. The van der Waals surface area contributed by atoms with Crippen molar-refractivity contribution >= 4 is 23.5 Å². The summed E-state index contributed by atoms with van der Waals surface area (Å²) in [5.41, 5.74) is 8.16. The number of benzene rings is 1. The molecule has 0 radical (unpaired) electrons. The number of unbranched alkanes of at least 4 members (excludes halogenated alkanes) is 1. The Morgan fingerprint density at radius 3 is 2.76 bits per heavy atom. The number of aromatic nitrogens is 1. The number of aryl methyl sites for hydroxylation is 1. The maximum atomic E-state index is 12.0. The maximum Gasteiger partial charge on any atom is 0.244 e. The highest BCUT2D eigenvalue weighted by Crippen LogP contribution is 2.37. The van der Waals surface area contributed by atoms with Gasteiger partial charge in [-0.1, -0.05) is 0 Å². The molecule has 29 heavy (non-hydrogen) atoms. The number of ether oxygens (including phenoxy) is 2. The van der Waals surface area contributed by atoms with Crippen LogP contribution in [0.3, 0.4) is 0 Å². The van der Waals surface area contributed by atoms with Crippen LogP contribution in [0.25, 0.3) is 6.08 Å². The second-order valence-electron chi connectivity index (χ2n) is 6.59. The molecule has 1 amide bonds. The van der Waals surface area contributed by atoms with Gasteiger partial charge in [0.05, 0.1) is 14.2 Å². The first-order valence-corrected chi connectivity index (χ1v) is 9.59. The van der Waals surface area contributed by atoms with E-state index in [0.29, 0.717) is 24.6 Å². The van der Waals surface area contributed by atoms with E-state index < -0.39 is 0 Å². The van der Waals surface area contributed by atoms with Crippen molar-refractivity contribution < 1.29 is 14.3 Å². The molecule has 2 rings (SSSR count). The van der Waals surface area contributed by atoms with Crippen LogP contribution in [-0.4, -0.2) is 45.2 Å². The Morgan fingerprint density at radius 2 is 2.07 bits per heavy atom. The fourth-order valence-electron chi connectivity index (χ4n) is 2.98. The number of amides is 1. The number of carbonyl (C=O) groups is 1. The Morgan fingerprint density at radius 1 is 1.28 bits per heavy atom. The second kappa shape index (κ2) is 11.1. The number of nitrogens with one attached hydrogen (secondary N) is 1. The molecule has 0 fully saturated rings. The van der Waals surface area contributed by atoms with Crippen molar-refractivity contribution in [3.05, 3.63) is 47.7 Å². The van der Waals surface area contributed by atoms with Gasteiger partial charge in [-0.3, -0.25) is 4.79 Å². The highest BCUT2D eigenvalue weighted by molar-refractivity contribution is 5.92. The first-order chi connectivity index (χ1) is 14.0. The molecular formula is C22H30N4O3. The molecule has 7 nitrogen and oxygen atoms in total. The van der Waals surface area contributed by atoms with Crippen LogP contribution in [0.1, 0.15) is 24.0 Å². The van der Waals surface area contributed by atoms with E-state index in [0.717, 1.165) is 35.5 Å². The fraction of sp³-hybridized carbons (Fsp3) is 0.364. The summed E-state index contributed by atoms with van der Waals surface area (Å²) in [6.45, 7) is 3.21. The van der Waals surface area contributed by atoms with Crippen LogP contribution in [0.2, 0.25) is 0 Å². The average molecular weight is 399 g/mol. The molecule has 0 aliphatic heterocycles. The lowest BCUT2D eigenvalue weighted by molar-refractivity contribution is -0.116. The molecule has 2 aromatic rings. The summed E-state index contributed by atoms with van der Waals surface area (Å²) in [6, 6.07) is 7.67. The number of nitrogens with zero attached hydrogens (tertiary/aromatic N) is 2. The van der Waals surface area contributed by atoms with Gasteiger partial charge in [-0.2, -0.15) is 0 Å². The van der Waals surface area contributed by atoms with Gasteiger partial charge in [0.25, 0.3) is 0 Å². The highest BCUT2D eigenvalue weighted by Gasteiger charge is 2.15. The fourth-order valence-corrected chi connectivity index (χ4v) is 2.98. The molecule has 156 valence electrons. The predicted molar refractivity (Wildman–Crippen MR) is 117 cm³/mol. The van der Waals surface area contributed by atoms with Crippen molar-refractivity contribution in [3.8, 4) is 11.5 Å². The average Bonchev–Trinajstić information content (AvgIpc) is 2.74. The molecular weight excluding hydrogens is 368 g/mol. The number of carbonyl (C=O) groups excluding carboxylic acids is 1. The van der Waals surface area contributed by atoms with Crippen LogP contribution in [-0.2, 0) is 4.79 Å². The standard InChI is InChI=1S/C22H30N4O3/c1-16-14-18(15-19(28-3)21(16)29-4)26(2)22-17(8-7-13-25-22)9-10-20(27)24-12-6-5-11-23/h7-10,13-15H,5-6,11-12,23H2,1-4H3,(H,24,27)/b10-9+. The Bertz CT molecular complexity index is 852. The van der Waals surface area contributed by atoms with Gasteiger partial charge in [-0.25, -0.2) is 4.98 Å². The zero-order valence-electron chi connectivity index (χ0n) is 17.6. The smallest absolute Gasteiger partial charge is 0.244 e. The second-order valence-corrected chi connectivity index (χ2v) is 6.59. The molecule has 1 aromatic carbocycles. The quantitative estimate of drug-likeness (QED) is 0.472. The monoisotopic (exact) mass is 398 g/mol. The zero-order valence-corrected chi connectivity index (χ0v) is 17.6. The molecule has 0 saturated carbocycles. The van der Waals surface area contributed by atoms with Crippen molar-refractivity contribution in [2.75, 3.05) is 39.3 Å². The van der Waals surface area contributed by atoms with Gasteiger partial charge in [0.15, 0.2) is 11.5 Å². The third-order valence-electron chi connectivity index (χ3n) is 4.52. The van der Waals surface area contributed by atoms with Crippen LogP contribution < -0.4 is 25.4 Å². The molecule has 0 unspecified atom stereocenters. The van der Waals surface area contributed by atoms with Crippen LogP contribution in [0.5, 0.6) is 11.5 Å². The van der Waals surface area contributed by atoms with Crippen LogP contribution in [0.15, 0.2) is 36.5 Å². The van der Waals surface area contributed by atoms with Crippen molar-refractivity contribution in [3.63, 3.8) is 0 Å². The Labute approximate surface area is 172 Å². The van der Waals surface area contributed by atoms with Gasteiger partial charge in [0, 0.05) is 43.2 Å². The first kappa shape index (κ1) is 22.2. The summed E-state index contributed by atoms with van der Waals surface area (Å²) in [4.78, 5) is 18.5. The van der Waals surface area contributed by atoms with E-state index in [1.54, 1.807) is 26.5 Å². The Hall–Kier alpha value is -3.06. The largest absolute Gasteiger partial charge is 0.493 e. The van der Waals surface area contributed by atoms with Crippen LogP contribution in [0.4, 0.5) is 11.5 Å². The van der Waals surface area contributed by atoms with E-state index in [-0.39, 0.29) is 5.91 Å². The van der Waals surface area contributed by atoms with Crippen LogP contribution in [0, 0.1) is 6.92 Å². The highest BCUT2D eigenvalue weighted by atomic mass is 16.5. The molecule has 7 heteroatoms. The number of methoxy groups -OCH3 is 2. The normalized spacial score (nSPS) is 10.8. The number of rotatable bonds is 10. The Balaban J connectivity index is 2.23. The van der Waals surface area contributed by atoms with Gasteiger partial charge in [0.1, 0.15) is 5.82 Å². The minimum absolute atomic E-state index is 0.138. The van der Waals surface area contributed by atoms with E-state index in [4.69, 9.17) is 15.2 Å². The maximum absolute atomic E-state index is 12.0. The summed E-state index contributed by atoms with van der Waals surface area (Å²) in [6.07, 6.45) is 6.78. The molecule has 1 aromatic heterocycles. The lowest BCUT2D eigenvalue weighted by Crippen LogP contribution is -2.22.